The van der Waals surface area contributed by atoms with Gasteiger partial charge in [0.2, 0.25) is 5.91 Å². The number of ether oxygens (including phenoxy) is 1. The lowest BCUT2D eigenvalue weighted by atomic mass is 10.1. The highest BCUT2D eigenvalue weighted by Crippen LogP contribution is 2.22. The van der Waals surface area contributed by atoms with Crippen LogP contribution in [0, 0.1) is 21.4 Å². The first-order chi connectivity index (χ1) is 14.9. The number of non-ortho nitro benzene ring substituents is 1. The molecule has 2 aromatic carbocycles. The Balaban J connectivity index is 1.79. The number of rotatable bonds is 7. The lowest BCUT2D eigenvalue weighted by molar-refractivity contribution is -0.384. The largest absolute Gasteiger partial charge is 0.494 e. The van der Waals surface area contributed by atoms with E-state index in [2.05, 4.69) is 10.4 Å². The molecule has 0 atom stereocenters. The third kappa shape index (κ3) is 5.10. The molecule has 1 amide bonds. The summed E-state index contributed by atoms with van der Waals surface area (Å²) in [5, 5.41) is 26.7. The van der Waals surface area contributed by atoms with Crippen molar-refractivity contribution in [1.82, 2.24) is 9.78 Å². The minimum atomic E-state index is -0.637. The first-order valence-corrected chi connectivity index (χ1v) is 9.21. The van der Waals surface area contributed by atoms with E-state index < -0.39 is 22.9 Å². The molecular weight excluding hydrogens is 402 g/mol. The standard InChI is InChI=1S/C21H17N5O5/c1-2-31-17-6-3-14(4-7-17)19-9-10-21(28)25(24-19)13-20(27)23-18-8-5-16(26(29)30)11-15(18)12-22/h3-11H,2,13H2,1H3,(H,23,27). The molecule has 0 aliphatic carbocycles. The number of nitro benzene ring substituents is 1. The van der Waals surface area contributed by atoms with Gasteiger partial charge in [0.25, 0.3) is 11.2 Å². The van der Waals surface area contributed by atoms with E-state index in [1.807, 2.05) is 6.92 Å². The summed E-state index contributed by atoms with van der Waals surface area (Å²) >= 11 is 0. The van der Waals surface area contributed by atoms with Gasteiger partial charge in [0.1, 0.15) is 18.4 Å². The highest BCUT2D eigenvalue weighted by molar-refractivity contribution is 5.92. The van der Waals surface area contributed by atoms with Gasteiger partial charge in [-0.1, -0.05) is 0 Å². The normalized spacial score (nSPS) is 10.2. The number of aromatic nitrogens is 2. The van der Waals surface area contributed by atoms with Gasteiger partial charge in [0.15, 0.2) is 0 Å². The molecular formula is C21H17N5O5. The zero-order chi connectivity index (χ0) is 22.4. The third-order valence-electron chi connectivity index (χ3n) is 4.23. The molecule has 10 heteroatoms. The van der Waals surface area contributed by atoms with Crippen LogP contribution >= 0.6 is 0 Å². The van der Waals surface area contributed by atoms with Gasteiger partial charge < -0.3 is 10.1 Å². The van der Waals surface area contributed by atoms with Gasteiger partial charge >= 0.3 is 0 Å². The van der Waals surface area contributed by atoms with Crippen LogP contribution < -0.4 is 15.6 Å². The maximum absolute atomic E-state index is 12.4. The van der Waals surface area contributed by atoms with Crippen LogP contribution in [0.5, 0.6) is 5.75 Å². The topological polar surface area (TPSA) is 140 Å². The lowest BCUT2D eigenvalue weighted by Gasteiger charge is -2.10. The summed E-state index contributed by atoms with van der Waals surface area (Å²) in [7, 11) is 0. The summed E-state index contributed by atoms with van der Waals surface area (Å²) in [5.74, 6) is 0.0964. The van der Waals surface area contributed by atoms with Crippen molar-refractivity contribution in [3.05, 3.63) is 80.6 Å². The highest BCUT2D eigenvalue weighted by Gasteiger charge is 2.14. The van der Waals surface area contributed by atoms with E-state index in [1.54, 1.807) is 36.4 Å². The zero-order valence-electron chi connectivity index (χ0n) is 16.4. The number of nitro groups is 1. The van der Waals surface area contributed by atoms with E-state index in [4.69, 9.17) is 4.74 Å². The van der Waals surface area contributed by atoms with Crippen molar-refractivity contribution < 1.29 is 14.5 Å². The predicted octanol–water partition coefficient (Wildman–Crippen LogP) is 2.73. The van der Waals surface area contributed by atoms with Crippen LogP contribution in [0.2, 0.25) is 0 Å². The van der Waals surface area contributed by atoms with Crippen molar-refractivity contribution in [2.75, 3.05) is 11.9 Å². The Labute approximate surface area is 176 Å². The fraction of sp³-hybridized carbons (Fsp3) is 0.143. The number of benzene rings is 2. The molecule has 0 unspecified atom stereocenters. The van der Waals surface area contributed by atoms with E-state index in [0.29, 0.717) is 18.1 Å². The molecule has 0 aliphatic rings. The molecule has 1 aromatic heterocycles. The minimum absolute atomic E-state index is 0.0639. The van der Waals surface area contributed by atoms with Gasteiger partial charge in [0.05, 0.1) is 28.5 Å². The second kappa shape index (κ2) is 9.32. The molecule has 10 nitrogen and oxygen atoms in total. The number of amides is 1. The van der Waals surface area contributed by atoms with Gasteiger partial charge in [-0.25, -0.2) is 4.68 Å². The Bertz CT molecular complexity index is 1230. The molecule has 0 radical (unpaired) electrons. The average molecular weight is 419 g/mol. The van der Waals surface area contributed by atoms with Crippen molar-refractivity contribution in [3.8, 4) is 23.1 Å². The van der Waals surface area contributed by atoms with E-state index >= 15 is 0 Å². The van der Waals surface area contributed by atoms with Crippen LogP contribution in [-0.2, 0) is 11.3 Å². The second-order valence-electron chi connectivity index (χ2n) is 6.32. The van der Waals surface area contributed by atoms with Crippen LogP contribution in [0.15, 0.2) is 59.4 Å². The average Bonchev–Trinajstić information content (AvgIpc) is 2.76. The van der Waals surface area contributed by atoms with E-state index in [-0.39, 0.29) is 16.9 Å². The zero-order valence-corrected chi connectivity index (χ0v) is 16.4. The maximum atomic E-state index is 12.4. The summed E-state index contributed by atoms with van der Waals surface area (Å²) < 4.78 is 6.40. The fourth-order valence-electron chi connectivity index (χ4n) is 2.78. The molecule has 156 valence electrons. The Kier molecular flexibility index (Phi) is 6.37. The molecule has 0 saturated heterocycles. The van der Waals surface area contributed by atoms with Crippen LogP contribution in [0.3, 0.4) is 0 Å². The first-order valence-electron chi connectivity index (χ1n) is 9.21. The molecule has 1 N–H and O–H groups in total. The van der Waals surface area contributed by atoms with E-state index in [1.165, 1.54) is 18.2 Å². The molecule has 0 spiro atoms. The van der Waals surface area contributed by atoms with Gasteiger partial charge in [0, 0.05) is 23.8 Å². The number of carbonyl (C=O) groups is 1. The first kappa shape index (κ1) is 21.2. The maximum Gasteiger partial charge on any atom is 0.270 e. The van der Waals surface area contributed by atoms with Crippen molar-refractivity contribution in [2.45, 2.75) is 13.5 Å². The van der Waals surface area contributed by atoms with Crippen molar-refractivity contribution >= 4 is 17.3 Å². The molecule has 31 heavy (non-hydrogen) atoms. The Morgan fingerprint density at radius 3 is 2.61 bits per heavy atom. The molecule has 0 bridgehead atoms. The summed E-state index contributed by atoms with van der Waals surface area (Å²) in [4.78, 5) is 34.8. The summed E-state index contributed by atoms with van der Waals surface area (Å²) in [6.07, 6.45) is 0. The minimum Gasteiger partial charge on any atom is -0.494 e. The van der Waals surface area contributed by atoms with Gasteiger partial charge in [-0.2, -0.15) is 10.4 Å². The van der Waals surface area contributed by atoms with Crippen LogP contribution in [-0.4, -0.2) is 27.2 Å². The monoisotopic (exact) mass is 419 g/mol. The molecule has 3 aromatic rings. The third-order valence-corrected chi connectivity index (χ3v) is 4.23. The van der Waals surface area contributed by atoms with Crippen molar-refractivity contribution in [3.63, 3.8) is 0 Å². The highest BCUT2D eigenvalue weighted by atomic mass is 16.6. The van der Waals surface area contributed by atoms with E-state index in [9.17, 15) is 25.0 Å². The van der Waals surface area contributed by atoms with Gasteiger partial charge in [-0.3, -0.25) is 19.7 Å². The van der Waals surface area contributed by atoms with Crippen LogP contribution in [0.25, 0.3) is 11.3 Å². The second-order valence-corrected chi connectivity index (χ2v) is 6.32. The Hall–Kier alpha value is -4.52. The summed E-state index contributed by atoms with van der Waals surface area (Å²) in [5.41, 5.74) is 0.521. The molecule has 0 saturated carbocycles. The molecule has 0 aliphatic heterocycles. The number of nitrogens with one attached hydrogen (secondary N) is 1. The SMILES string of the molecule is CCOc1ccc(-c2ccc(=O)n(CC(=O)Nc3ccc([N+](=O)[O-])cc3C#N)n2)cc1. The molecule has 0 fully saturated rings. The molecule has 3 rings (SSSR count). The van der Waals surface area contributed by atoms with Crippen molar-refractivity contribution in [2.24, 2.45) is 0 Å². The number of nitriles is 1. The smallest absolute Gasteiger partial charge is 0.270 e. The van der Waals surface area contributed by atoms with Gasteiger partial charge in [-0.15, -0.1) is 0 Å². The number of carbonyl (C=O) groups excluding carboxylic acids is 1. The lowest BCUT2D eigenvalue weighted by Crippen LogP contribution is -2.29. The number of hydrogen-bond acceptors (Lipinski definition) is 7. The summed E-state index contributed by atoms with van der Waals surface area (Å²) in [6.45, 7) is 2.03. The number of hydrogen-bond donors (Lipinski definition) is 1. The summed E-state index contributed by atoms with van der Waals surface area (Å²) in [6, 6.07) is 15.3. The van der Waals surface area contributed by atoms with Crippen LogP contribution in [0.4, 0.5) is 11.4 Å². The number of nitrogens with zero attached hydrogens (tertiary/aromatic N) is 4. The Morgan fingerprint density at radius 2 is 1.97 bits per heavy atom. The Morgan fingerprint density at radius 1 is 1.23 bits per heavy atom. The fourth-order valence-corrected chi connectivity index (χ4v) is 2.78. The van der Waals surface area contributed by atoms with E-state index in [0.717, 1.165) is 16.3 Å². The molecule has 1 heterocycles. The quantitative estimate of drug-likeness (QED) is 0.458. The van der Waals surface area contributed by atoms with Crippen molar-refractivity contribution in [1.29, 1.82) is 5.26 Å². The van der Waals surface area contributed by atoms with Crippen LogP contribution in [0.1, 0.15) is 12.5 Å². The predicted molar refractivity (Wildman–Crippen MR) is 112 cm³/mol. The van der Waals surface area contributed by atoms with Gasteiger partial charge in [-0.05, 0) is 43.3 Å². The number of anilines is 1.